The van der Waals surface area contributed by atoms with Crippen LogP contribution in [0.4, 0.5) is 4.39 Å². The van der Waals surface area contributed by atoms with E-state index in [1.165, 1.54) is 6.07 Å². The van der Waals surface area contributed by atoms with Crippen LogP contribution in [-0.4, -0.2) is 10.7 Å². The van der Waals surface area contributed by atoms with Gasteiger partial charge in [-0.3, -0.25) is 0 Å². The Morgan fingerprint density at radius 1 is 1.43 bits per heavy atom. The second-order valence-corrected chi connectivity index (χ2v) is 4.41. The van der Waals surface area contributed by atoms with Gasteiger partial charge in [-0.15, -0.1) is 0 Å². The van der Waals surface area contributed by atoms with Gasteiger partial charge in [-0.05, 0) is 17.9 Å². The highest BCUT2D eigenvalue weighted by molar-refractivity contribution is 7.98. The van der Waals surface area contributed by atoms with E-state index in [1.807, 2.05) is 23.9 Å². The van der Waals surface area contributed by atoms with Gasteiger partial charge < -0.3 is 4.98 Å². The predicted octanol–water partition coefficient (Wildman–Crippen LogP) is 3.56. The van der Waals surface area contributed by atoms with Crippen molar-refractivity contribution in [3.8, 4) is 0 Å². The van der Waals surface area contributed by atoms with Crippen LogP contribution >= 0.6 is 11.8 Å². The van der Waals surface area contributed by atoms with Crippen LogP contribution in [0.2, 0.25) is 0 Å². The Labute approximate surface area is 86.7 Å². The first-order valence-electron chi connectivity index (χ1n) is 4.65. The molecule has 74 valence electrons. The van der Waals surface area contributed by atoms with Gasteiger partial charge in [0.05, 0.1) is 5.52 Å². The fourth-order valence-electron chi connectivity index (χ4n) is 1.47. The Morgan fingerprint density at radius 2 is 2.29 bits per heavy atom. The number of nitrogens with one attached hydrogen (secondary N) is 1. The summed E-state index contributed by atoms with van der Waals surface area (Å²) in [5.74, 6) is 1.83. The van der Waals surface area contributed by atoms with E-state index in [-0.39, 0.29) is 5.82 Å². The van der Waals surface area contributed by atoms with Crippen LogP contribution in [0.25, 0.3) is 10.9 Å². The van der Waals surface area contributed by atoms with Gasteiger partial charge in [-0.2, -0.15) is 11.8 Å². The molecule has 0 aliphatic rings. The average Bonchev–Trinajstić information content (AvgIpc) is 2.59. The Bertz CT molecular complexity index is 436. The SMILES string of the molecule is CCSCc1cc2cccc(F)c2[nH]1. The number of rotatable bonds is 3. The molecule has 0 saturated carbocycles. The summed E-state index contributed by atoms with van der Waals surface area (Å²) in [5, 5.41) is 0.955. The van der Waals surface area contributed by atoms with E-state index in [9.17, 15) is 4.39 Å². The summed E-state index contributed by atoms with van der Waals surface area (Å²) in [6, 6.07) is 7.16. The van der Waals surface area contributed by atoms with Crippen molar-refractivity contribution in [1.29, 1.82) is 0 Å². The normalized spacial score (nSPS) is 11.0. The molecule has 1 heterocycles. The summed E-state index contributed by atoms with van der Waals surface area (Å²) in [7, 11) is 0. The summed E-state index contributed by atoms with van der Waals surface area (Å²) < 4.78 is 13.3. The van der Waals surface area contributed by atoms with Gasteiger partial charge in [0.2, 0.25) is 0 Å². The van der Waals surface area contributed by atoms with Gasteiger partial charge in [-0.25, -0.2) is 4.39 Å². The smallest absolute Gasteiger partial charge is 0.147 e. The predicted molar refractivity (Wildman–Crippen MR) is 60.1 cm³/mol. The number of aromatic amines is 1. The van der Waals surface area contributed by atoms with Crippen molar-refractivity contribution < 1.29 is 4.39 Å². The van der Waals surface area contributed by atoms with Crippen LogP contribution in [0.1, 0.15) is 12.6 Å². The molecule has 2 rings (SSSR count). The Hall–Kier alpha value is -0.960. The maximum absolute atomic E-state index is 13.3. The van der Waals surface area contributed by atoms with Crippen LogP contribution in [-0.2, 0) is 5.75 Å². The van der Waals surface area contributed by atoms with Crippen molar-refractivity contribution in [3.63, 3.8) is 0 Å². The minimum absolute atomic E-state index is 0.171. The minimum atomic E-state index is -0.171. The largest absolute Gasteiger partial charge is 0.355 e. The van der Waals surface area contributed by atoms with Crippen LogP contribution < -0.4 is 0 Å². The number of halogens is 1. The number of para-hydroxylation sites is 1. The van der Waals surface area contributed by atoms with Gasteiger partial charge in [0.25, 0.3) is 0 Å². The zero-order valence-corrected chi connectivity index (χ0v) is 8.83. The van der Waals surface area contributed by atoms with Crippen molar-refractivity contribution in [2.45, 2.75) is 12.7 Å². The van der Waals surface area contributed by atoms with E-state index in [4.69, 9.17) is 0 Å². The third-order valence-electron chi connectivity index (χ3n) is 2.12. The first-order chi connectivity index (χ1) is 6.81. The summed E-state index contributed by atoms with van der Waals surface area (Å²) in [4.78, 5) is 3.10. The van der Waals surface area contributed by atoms with E-state index >= 15 is 0 Å². The zero-order chi connectivity index (χ0) is 9.97. The fraction of sp³-hybridized carbons (Fsp3) is 0.273. The third-order valence-corrected chi connectivity index (χ3v) is 3.05. The van der Waals surface area contributed by atoms with Crippen molar-refractivity contribution in [2.24, 2.45) is 0 Å². The van der Waals surface area contributed by atoms with E-state index in [0.29, 0.717) is 5.52 Å². The van der Waals surface area contributed by atoms with E-state index in [0.717, 1.165) is 22.6 Å². The summed E-state index contributed by atoms with van der Waals surface area (Å²) in [6.45, 7) is 2.12. The molecular formula is C11H12FNS. The second kappa shape index (κ2) is 4.05. The topological polar surface area (TPSA) is 15.8 Å². The van der Waals surface area contributed by atoms with Crippen LogP contribution in [0, 0.1) is 5.82 Å². The highest BCUT2D eigenvalue weighted by Crippen LogP contribution is 2.20. The molecule has 0 saturated heterocycles. The van der Waals surface area contributed by atoms with Gasteiger partial charge in [0, 0.05) is 16.8 Å². The van der Waals surface area contributed by atoms with Gasteiger partial charge in [0.1, 0.15) is 5.82 Å². The Kier molecular flexibility index (Phi) is 2.77. The van der Waals surface area contributed by atoms with Crippen molar-refractivity contribution in [1.82, 2.24) is 4.98 Å². The summed E-state index contributed by atoms with van der Waals surface area (Å²) in [6.07, 6.45) is 0. The second-order valence-electron chi connectivity index (χ2n) is 3.14. The minimum Gasteiger partial charge on any atom is -0.355 e. The molecule has 1 aromatic heterocycles. The van der Waals surface area contributed by atoms with Gasteiger partial charge >= 0.3 is 0 Å². The van der Waals surface area contributed by atoms with E-state index in [2.05, 4.69) is 11.9 Å². The summed E-state index contributed by atoms with van der Waals surface area (Å²) in [5.41, 5.74) is 1.72. The Morgan fingerprint density at radius 3 is 3.00 bits per heavy atom. The summed E-state index contributed by atoms with van der Waals surface area (Å²) >= 11 is 1.83. The van der Waals surface area contributed by atoms with Gasteiger partial charge in [-0.1, -0.05) is 19.1 Å². The first-order valence-corrected chi connectivity index (χ1v) is 5.80. The molecule has 1 nitrogen and oxygen atoms in total. The lowest BCUT2D eigenvalue weighted by molar-refractivity contribution is 0.637. The fourth-order valence-corrected chi connectivity index (χ4v) is 2.05. The van der Waals surface area contributed by atoms with Crippen LogP contribution in [0.15, 0.2) is 24.3 Å². The monoisotopic (exact) mass is 209 g/mol. The molecule has 2 aromatic rings. The molecule has 0 radical (unpaired) electrons. The molecule has 1 aromatic carbocycles. The zero-order valence-electron chi connectivity index (χ0n) is 8.01. The maximum atomic E-state index is 13.3. The molecule has 0 bridgehead atoms. The molecule has 1 N–H and O–H groups in total. The standard InChI is InChI=1S/C11H12FNS/c1-2-14-7-9-6-8-4-3-5-10(12)11(8)13-9/h3-6,13H,2,7H2,1H3. The van der Waals surface area contributed by atoms with Crippen molar-refractivity contribution in [3.05, 3.63) is 35.8 Å². The molecule has 0 spiro atoms. The number of thioether (sulfide) groups is 1. The average molecular weight is 209 g/mol. The number of hydrogen-bond acceptors (Lipinski definition) is 1. The van der Waals surface area contributed by atoms with Crippen LogP contribution in [0.3, 0.4) is 0 Å². The Balaban J connectivity index is 2.36. The quantitative estimate of drug-likeness (QED) is 0.817. The molecule has 0 aliphatic carbocycles. The lowest BCUT2D eigenvalue weighted by Crippen LogP contribution is -1.80. The van der Waals surface area contributed by atoms with E-state index in [1.54, 1.807) is 6.07 Å². The molecule has 0 fully saturated rings. The highest BCUT2D eigenvalue weighted by Gasteiger charge is 2.03. The molecule has 0 atom stereocenters. The third kappa shape index (κ3) is 1.77. The number of aromatic nitrogens is 1. The molecule has 0 unspecified atom stereocenters. The number of hydrogen-bond donors (Lipinski definition) is 1. The maximum Gasteiger partial charge on any atom is 0.147 e. The number of benzene rings is 1. The van der Waals surface area contributed by atoms with Crippen molar-refractivity contribution in [2.75, 3.05) is 5.75 Å². The number of fused-ring (bicyclic) bond motifs is 1. The first kappa shape index (κ1) is 9.59. The van der Waals surface area contributed by atoms with Crippen LogP contribution in [0.5, 0.6) is 0 Å². The molecule has 3 heteroatoms. The van der Waals surface area contributed by atoms with Gasteiger partial charge in [0.15, 0.2) is 0 Å². The molecule has 14 heavy (non-hydrogen) atoms. The molecule has 0 aliphatic heterocycles. The van der Waals surface area contributed by atoms with E-state index < -0.39 is 0 Å². The molecular weight excluding hydrogens is 197 g/mol. The lowest BCUT2D eigenvalue weighted by Gasteiger charge is -1.93. The lowest BCUT2D eigenvalue weighted by atomic mass is 10.2. The molecule has 0 amide bonds. The highest BCUT2D eigenvalue weighted by atomic mass is 32.2. The van der Waals surface area contributed by atoms with Crippen molar-refractivity contribution >= 4 is 22.7 Å². The number of H-pyrrole nitrogens is 1.